The van der Waals surface area contributed by atoms with Crippen LogP contribution in [0.4, 0.5) is 0 Å². The van der Waals surface area contributed by atoms with Crippen LogP contribution in [0.15, 0.2) is 29.2 Å². The summed E-state index contributed by atoms with van der Waals surface area (Å²) in [6, 6.07) is 6.43. The second kappa shape index (κ2) is 8.29. The Morgan fingerprint density at radius 1 is 1.28 bits per heavy atom. The largest absolute Gasteiger partial charge is 0.466 e. The van der Waals surface area contributed by atoms with Gasteiger partial charge in [-0.05, 0) is 31.9 Å². The summed E-state index contributed by atoms with van der Waals surface area (Å²) in [6.45, 7) is 8.30. The average Bonchev–Trinajstić information content (AvgIpc) is 2.79. The molecule has 1 aromatic rings. The summed E-state index contributed by atoms with van der Waals surface area (Å²) in [4.78, 5) is 12.4. The quantitative estimate of drug-likeness (QED) is 0.744. The molecule has 0 N–H and O–H groups in total. The van der Waals surface area contributed by atoms with Crippen LogP contribution in [0.2, 0.25) is 0 Å². The molecule has 0 bridgehead atoms. The molecule has 0 amide bonds. The Morgan fingerprint density at radius 3 is 2.48 bits per heavy atom. The number of hydrogen-bond donors (Lipinski definition) is 0. The van der Waals surface area contributed by atoms with Crippen molar-refractivity contribution in [3.8, 4) is 0 Å². The van der Waals surface area contributed by atoms with E-state index in [-0.39, 0.29) is 43.2 Å². The lowest BCUT2D eigenvalue weighted by Crippen LogP contribution is -2.47. The topological polar surface area (TPSA) is 72.9 Å². The van der Waals surface area contributed by atoms with Gasteiger partial charge in [-0.15, -0.1) is 0 Å². The SMILES string of the molecule is CCOC(=O)C1COC[C@H](C(C)C)N(S(=O)(=O)c2ccc(C)cc2)C1. The molecule has 1 aromatic carbocycles. The highest BCUT2D eigenvalue weighted by Crippen LogP contribution is 2.26. The van der Waals surface area contributed by atoms with E-state index in [4.69, 9.17) is 9.47 Å². The van der Waals surface area contributed by atoms with Crippen molar-refractivity contribution in [3.63, 3.8) is 0 Å². The molecule has 0 spiro atoms. The Kier molecular flexibility index (Phi) is 6.59. The fourth-order valence-electron chi connectivity index (χ4n) is 2.87. The lowest BCUT2D eigenvalue weighted by Gasteiger charge is -2.32. The molecule has 2 atom stereocenters. The molecule has 1 fully saturated rings. The summed E-state index contributed by atoms with van der Waals surface area (Å²) < 4.78 is 38.5. The fourth-order valence-corrected chi connectivity index (χ4v) is 4.66. The number of esters is 1. The predicted molar refractivity (Wildman–Crippen MR) is 94.6 cm³/mol. The van der Waals surface area contributed by atoms with Crippen LogP contribution in [0.1, 0.15) is 26.3 Å². The Labute approximate surface area is 150 Å². The van der Waals surface area contributed by atoms with Crippen LogP contribution in [-0.2, 0) is 24.3 Å². The second-order valence-corrected chi connectivity index (χ2v) is 8.58. The molecule has 6 nitrogen and oxygen atoms in total. The standard InChI is InChI=1S/C18H27NO5S/c1-5-24-18(20)15-10-19(17(13(2)3)12-23-11-15)25(21,22)16-8-6-14(4)7-9-16/h6-9,13,15,17H,5,10-12H2,1-4H3/t15?,17-/m1/s1. The van der Waals surface area contributed by atoms with Crippen LogP contribution in [0.3, 0.4) is 0 Å². The molecule has 140 valence electrons. The van der Waals surface area contributed by atoms with Crippen LogP contribution in [-0.4, -0.2) is 51.1 Å². The number of ether oxygens (including phenoxy) is 2. The number of benzene rings is 1. The minimum Gasteiger partial charge on any atom is -0.466 e. The molecular formula is C18H27NO5S. The third-order valence-electron chi connectivity index (χ3n) is 4.39. The number of nitrogens with zero attached hydrogens (tertiary/aromatic N) is 1. The van der Waals surface area contributed by atoms with E-state index in [9.17, 15) is 13.2 Å². The molecule has 0 saturated carbocycles. The van der Waals surface area contributed by atoms with Crippen molar-refractivity contribution in [2.45, 2.75) is 38.6 Å². The van der Waals surface area contributed by atoms with Gasteiger partial charge in [0.05, 0.1) is 36.7 Å². The zero-order chi connectivity index (χ0) is 18.6. The predicted octanol–water partition coefficient (Wildman–Crippen LogP) is 2.22. The molecule has 1 aliphatic heterocycles. The summed E-state index contributed by atoms with van der Waals surface area (Å²) in [7, 11) is -3.73. The van der Waals surface area contributed by atoms with E-state index in [1.54, 1.807) is 31.2 Å². The molecule has 1 aliphatic rings. The molecule has 0 aliphatic carbocycles. The summed E-state index contributed by atoms with van der Waals surface area (Å²) in [6.07, 6.45) is 0. The van der Waals surface area contributed by atoms with Gasteiger partial charge in [-0.25, -0.2) is 8.42 Å². The van der Waals surface area contributed by atoms with E-state index >= 15 is 0 Å². The first-order chi connectivity index (χ1) is 11.8. The van der Waals surface area contributed by atoms with Crippen molar-refractivity contribution >= 4 is 16.0 Å². The van der Waals surface area contributed by atoms with Crippen molar-refractivity contribution in [3.05, 3.63) is 29.8 Å². The minimum atomic E-state index is -3.73. The van der Waals surface area contributed by atoms with Crippen molar-refractivity contribution in [2.75, 3.05) is 26.4 Å². The van der Waals surface area contributed by atoms with Gasteiger partial charge in [0.15, 0.2) is 0 Å². The Balaban J connectivity index is 2.39. The van der Waals surface area contributed by atoms with Crippen molar-refractivity contribution in [1.82, 2.24) is 4.31 Å². The van der Waals surface area contributed by atoms with E-state index in [0.717, 1.165) is 5.56 Å². The minimum absolute atomic E-state index is 0.0566. The number of aryl methyl sites for hydroxylation is 1. The smallest absolute Gasteiger partial charge is 0.312 e. The van der Waals surface area contributed by atoms with Crippen LogP contribution >= 0.6 is 0 Å². The molecular weight excluding hydrogens is 342 g/mol. The Morgan fingerprint density at radius 2 is 1.92 bits per heavy atom. The van der Waals surface area contributed by atoms with E-state index in [2.05, 4.69) is 0 Å². The zero-order valence-electron chi connectivity index (χ0n) is 15.3. The van der Waals surface area contributed by atoms with E-state index in [0.29, 0.717) is 0 Å². The highest BCUT2D eigenvalue weighted by Gasteiger charge is 2.39. The van der Waals surface area contributed by atoms with Gasteiger partial charge in [0.2, 0.25) is 10.0 Å². The zero-order valence-corrected chi connectivity index (χ0v) is 16.1. The van der Waals surface area contributed by atoms with Gasteiger partial charge in [-0.2, -0.15) is 4.31 Å². The highest BCUT2D eigenvalue weighted by molar-refractivity contribution is 7.89. The van der Waals surface area contributed by atoms with Gasteiger partial charge >= 0.3 is 5.97 Å². The van der Waals surface area contributed by atoms with Gasteiger partial charge in [-0.1, -0.05) is 31.5 Å². The van der Waals surface area contributed by atoms with Crippen LogP contribution in [0, 0.1) is 18.8 Å². The first-order valence-electron chi connectivity index (χ1n) is 8.60. The molecule has 25 heavy (non-hydrogen) atoms. The molecule has 0 radical (unpaired) electrons. The van der Waals surface area contributed by atoms with Gasteiger partial charge in [-0.3, -0.25) is 4.79 Å². The third kappa shape index (κ3) is 4.59. The number of carbonyl (C=O) groups is 1. The highest BCUT2D eigenvalue weighted by atomic mass is 32.2. The normalized spacial score (nSPS) is 22.6. The van der Waals surface area contributed by atoms with Crippen molar-refractivity contribution < 1.29 is 22.7 Å². The molecule has 7 heteroatoms. The maximum atomic E-state index is 13.2. The summed E-state index contributed by atoms with van der Waals surface area (Å²) in [5.41, 5.74) is 0.989. The maximum Gasteiger partial charge on any atom is 0.312 e. The molecule has 0 aromatic heterocycles. The monoisotopic (exact) mass is 369 g/mol. The van der Waals surface area contributed by atoms with E-state index in [1.807, 2.05) is 20.8 Å². The summed E-state index contributed by atoms with van der Waals surface area (Å²) in [5.74, 6) is -0.985. The van der Waals surface area contributed by atoms with E-state index < -0.39 is 21.9 Å². The van der Waals surface area contributed by atoms with Crippen LogP contribution in [0.25, 0.3) is 0 Å². The molecule has 1 unspecified atom stereocenters. The van der Waals surface area contributed by atoms with Gasteiger partial charge in [0.25, 0.3) is 0 Å². The average molecular weight is 369 g/mol. The lowest BCUT2D eigenvalue weighted by atomic mass is 10.1. The number of hydrogen-bond acceptors (Lipinski definition) is 5. The fraction of sp³-hybridized carbons (Fsp3) is 0.611. The first-order valence-corrected chi connectivity index (χ1v) is 10.0. The summed E-state index contributed by atoms with van der Waals surface area (Å²) in [5, 5.41) is 0. The van der Waals surface area contributed by atoms with Crippen molar-refractivity contribution in [2.24, 2.45) is 11.8 Å². The molecule has 1 saturated heterocycles. The number of rotatable bonds is 5. The van der Waals surface area contributed by atoms with Crippen molar-refractivity contribution in [1.29, 1.82) is 0 Å². The third-order valence-corrected chi connectivity index (χ3v) is 6.30. The summed E-state index contributed by atoms with van der Waals surface area (Å²) >= 11 is 0. The number of carbonyl (C=O) groups excluding carboxylic acids is 1. The van der Waals surface area contributed by atoms with Gasteiger partial charge < -0.3 is 9.47 Å². The van der Waals surface area contributed by atoms with Crippen LogP contribution in [0.5, 0.6) is 0 Å². The lowest BCUT2D eigenvalue weighted by molar-refractivity contribution is -0.149. The van der Waals surface area contributed by atoms with Gasteiger partial charge in [0, 0.05) is 6.54 Å². The second-order valence-electron chi connectivity index (χ2n) is 6.69. The Bertz CT molecular complexity index is 684. The number of sulfonamides is 1. The molecule has 2 rings (SSSR count). The van der Waals surface area contributed by atoms with Gasteiger partial charge in [0.1, 0.15) is 0 Å². The Hall–Kier alpha value is -1.44. The first kappa shape index (κ1) is 19.9. The maximum absolute atomic E-state index is 13.2. The van der Waals surface area contributed by atoms with E-state index in [1.165, 1.54) is 4.31 Å². The molecule has 1 heterocycles. The van der Waals surface area contributed by atoms with Crippen LogP contribution < -0.4 is 0 Å².